The van der Waals surface area contributed by atoms with Crippen LogP contribution in [0.2, 0.25) is 0 Å². The van der Waals surface area contributed by atoms with Gasteiger partial charge in [0.2, 0.25) is 0 Å². The molecule has 3 unspecified atom stereocenters. The molecule has 1 aliphatic rings. The van der Waals surface area contributed by atoms with E-state index in [4.69, 9.17) is 9.84 Å². The lowest BCUT2D eigenvalue weighted by molar-refractivity contribution is -0.140. The molecule has 1 saturated heterocycles. The number of nitrogens with zero attached hydrogens (tertiary/aromatic N) is 1. The van der Waals surface area contributed by atoms with Gasteiger partial charge in [0.05, 0.1) is 6.61 Å². The summed E-state index contributed by atoms with van der Waals surface area (Å²) in [7, 11) is 1.64. The van der Waals surface area contributed by atoms with E-state index in [1.165, 1.54) is 0 Å². The molecule has 2 amide bonds. The largest absolute Gasteiger partial charge is 0.480 e. The Morgan fingerprint density at radius 3 is 2.74 bits per heavy atom. The van der Waals surface area contributed by atoms with Crippen molar-refractivity contribution in [2.75, 3.05) is 26.8 Å². The van der Waals surface area contributed by atoms with Gasteiger partial charge in [0.25, 0.3) is 0 Å². The Bertz CT molecular complexity index is 322. The highest BCUT2D eigenvalue weighted by molar-refractivity contribution is 5.82. The van der Waals surface area contributed by atoms with Crippen LogP contribution in [0, 0.1) is 11.8 Å². The van der Waals surface area contributed by atoms with E-state index in [2.05, 4.69) is 5.32 Å². The summed E-state index contributed by atoms with van der Waals surface area (Å²) in [6.07, 6.45) is 1.62. The number of aliphatic carboxylic acids is 1. The highest BCUT2D eigenvalue weighted by Gasteiger charge is 2.31. The maximum Gasteiger partial charge on any atom is 0.326 e. The van der Waals surface area contributed by atoms with Crippen LogP contribution in [0.25, 0.3) is 0 Å². The molecule has 0 aromatic heterocycles. The van der Waals surface area contributed by atoms with E-state index in [1.54, 1.807) is 12.0 Å². The van der Waals surface area contributed by atoms with Crippen molar-refractivity contribution >= 4 is 12.0 Å². The number of carboxylic acids is 1. The quantitative estimate of drug-likeness (QED) is 0.760. The maximum atomic E-state index is 12.0. The highest BCUT2D eigenvalue weighted by atomic mass is 16.5. The summed E-state index contributed by atoms with van der Waals surface area (Å²) in [6, 6.07) is -1.11. The first kappa shape index (κ1) is 15.8. The molecular weight excluding hydrogens is 248 g/mol. The second-order valence-electron chi connectivity index (χ2n) is 5.21. The Balaban J connectivity index is 2.51. The highest BCUT2D eigenvalue weighted by Crippen LogP contribution is 2.17. The molecule has 1 fully saturated rings. The molecule has 110 valence electrons. The minimum atomic E-state index is -0.977. The van der Waals surface area contributed by atoms with E-state index < -0.39 is 12.0 Å². The minimum absolute atomic E-state index is 0.0844. The first-order valence-corrected chi connectivity index (χ1v) is 6.76. The summed E-state index contributed by atoms with van der Waals surface area (Å²) < 4.78 is 5.08. The minimum Gasteiger partial charge on any atom is -0.480 e. The zero-order chi connectivity index (χ0) is 14.4. The second-order valence-corrected chi connectivity index (χ2v) is 5.21. The molecule has 0 spiro atoms. The molecule has 0 aromatic rings. The smallest absolute Gasteiger partial charge is 0.326 e. The Morgan fingerprint density at radius 2 is 2.21 bits per heavy atom. The molecule has 1 heterocycles. The number of nitrogens with one attached hydrogen (secondary N) is 1. The molecule has 0 saturated carbocycles. The third-order valence-electron chi connectivity index (χ3n) is 3.73. The maximum absolute atomic E-state index is 12.0. The lowest BCUT2D eigenvalue weighted by Gasteiger charge is -2.24. The topological polar surface area (TPSA) is 78.9 Å². The SMILES string of the molecule is CCC(C)C(NC(=O)N1CCC(COC)C1)C(=O)O. The van der Waals surface area contributed by atoms with Gasteiger partial charge < -0.3 is 20.1 Å². The fraction of sp³-hybridized carbons (Fsp3) is 0.846. The van der Waals surface area contributed by atoms with Crippen molar-refractivity contribution in [2.24, 2.45) is 11.8 Å². The number of amides is 2. The van der Waals surface area contributed by atoms with Crippen LogP contribution < -0.4 is 5.32 Å². The lowest BCUT2D eigenvalue weighted by Crippen LogP contribution is -2.50. The lowest BCUT2D eigenvalue weighted by atomic mass is 9.99. The number of carbonyl (C=O) groups excluding carboxylic acids is 1. The number of carbonyl (C=O) groups is 2. The molecule has 3 atom stereocenters. The molecule has 6 heteroatoms. The van der Waals surface area contributed by atoms with Crippen molar-refractivity contribution in [1.29, 1.82) is 0 Å². The predicted molar refractivity (Wildman–Crippen MR) is 71.0 cm³/mol. The third kappa shape index (κ3) is 4.38. The average molecular weight is 272 g/mol. The van der Waals surface area contributed by atoms with Crippen LogP contribution in [0.3, 0.4) is 0 Å². The van der Waals surface area contributed by atoms with E-state index in [0.717, 1.165) is 6.42 Å². The van der Waals surface area contributed by atoms with Crippen LogP contribution in [0.5, 0.6) is 0 Å². The summed E-state index contributed by atoms with van der Waals surface area (Å²) in [5, 5.41) is 11.8. The van der Waals surface area contributed by atoms with Crippen molar-refractivity contribution in [1.82, 2.24) is 10.2 Å². The summed E-state index contributed by atoms with van der Waals surface area (Å²) in [5.74, 6) is -0.711. The second kappa shape index (κ2) is 7.33. The number of urea groups is 1. The van der Waals surface area contributed by atoms with Gasteiger partial charge in [-0.25, -0.2) is 9.59 Å². The molecule has 6 nitrogen and oxygen atoms in total. The summed E-state index contributed by atoms with van der Waals surface area (Å²) in [5.41, 5.74) is 0. The van der Waals surface area contributed by atoms with Crippen LogP contribution in [0.4, 0.5) is 4.79 Å². The van der Waals surface area contributed by atoms with E-state index in [-0.39, 0.29) is 11.9 Å². The van der Waals surface area contributed by atoms with Crippen molar-refractivity contribution in [3.8, 4) is 0 Å². The number of methoxy groups -OCH3 is 1. The van der Waals surface area contributed by atoms with E-state index in [9.17, 15) is 9.59 Å². The molecule has 19 heavy (non-hydrogen) atoms. The van der Waals surface area contributed by atoms with Crippen molar-refractivity contribution in [2.45, 2.75) is 32.7 Å². The first-order valence-electron chi connectivity index (χ1n) is 6.76. The van der Waals surface area contributed by atoms with Crippen LogP contribution >= 0.6 is 0 Å². The van der Waals surface area contributed by atoms with E-state index in [0.29, 0.717) is 32.0 Å². The molecular formula is C13H24N2O4. The van der Waals surface area contributed by atoms with Crippen LogP contribution in [-0.2, 0) is 9.53 Å². The predicted octanol–water partition coefficient (Wildman–Crippen LogP) is 1.16. The monoisotopic (exact) mass is 272 g/mol. The zero-order valence-corrected chi connectivity index (χ0v) is 11.9. The fourth-order valence-electron chi connectivity index (χ4n) is 2.30. The van der Waals surface area contributed by atoms with Crippen molar-refractivity contribution in [3.63, 3.8) is 0 Å². The Labute approximate surface area is 114 Å². The number of hydrogen-bond acceptors (Lipinski definition) is 3. The number of likely N-dealkylation sites (tertiary alicyclic amines) is 1. The van der Waals surface area contributed by atoms with Gasteiger partial charge in [-0.1, -0.05) is 20.3 Å². The van der Waals surface area contributed by atoms with E-state index in [1.807, 2.05) is 13.8 Å². The molecule has 0 radical (unpaired) electrons. The van der Waals surface area contributed by atoms with Crippen LogP contribution in [0.1, 0.15) is 26.7 Å². The summed E-state index contributed by atoms with van der Waals surface area (Å²) >= 11 is 0. The Hall–Kier alpha value is -1.30. The molecule has 0 aliphatic carbocycles. The van der Waals surface area contributed by atoms with Gasteiger partial charge in [0, 0.05) is 26.1 Å². The van der Waals surface area contributed by atoms with Gasteiger partial charge in [0.1, 0.15) is 6.04 Å². The van der Waals surface area contributed by atoms with Crippen LogP contribution in [0.15, 0.2) is 0 Å². The van der Waals surface area contributed by atoms with Crippen LogP contribution in [-0.4, -0.2) is 54.9 Å². The van der Waals surface area contributed by atoms with Gasteiger partial charge in [-0.15, -0.1) is 0 Å². The first-order chi connectivity index (χ1) is 8.99. The summed E-state index contributed by atoms with van der Waals surface area (Å²) in [6.45, 7) is 5.67. The molecule has 0 bridgehead atoms. The van der Waals surface area contributed by atoms with Gasteiger partial charge in [0.15, 0.2) is 0 Å². The van der Waals surface area contributed by atoms with Gasteiger partial charge in [-0.3, -0.25) is 0 Å². The van der Waals surface area contributed by atoms with Gasteiger partial charge in [-0.05, 0) is 12.3 Å². The number of carboxylic acid groups (broad SMARTS) is 1. The fourth-order valence-corrected chi connectivity index (χ4v) is 2.30. The van der Waals surface area contributed by atoms with Crippen molar-refractivity contribution in [3.05, 3.63) is 0 Å². The Kier molecular flexibility index (Phi) is 6.08. The molecule has 0 aromatic carbocycles. The van der Waals surface area contributed by atoms with Crippen molar-refractivity contribution < 1.29 is 19.4 Å². The number of ether oxygens (including phenoxy) is 1. The standard InChI is InChI=1S/C13H24N2O4/c1-4-9(2)11(12(16)17)14-13(18)15-6-5-10(7-15)8-19-3/h9-11H,4-8H2,1-3H3,(H,14,18)(H,16,17). The zero-order valence-electron chi connectivity index (χ0n) is 11.9. The summed E-state index contributed by atoms with van der Waals surface area (Å²) in [4.78, 5) is 24.9. The molecule has 1 aliphatic heterocycles. The number of hydrogen-bond donors (Lipinski definition) is 2. The normalized spacial score (nSPS) is 22.1. The van der Waals surface area contributed by atoms with Gasteiger partial charge in [-0.2, -0.15) is 0 Å². The average Bonchev–Trinajstić information content (AvgIpc) is 2.83. The number of rotatable bonds is 6. The third-order valence-corrected chi connectivity index (χ3v) is 3.73. The van der Waals surface area contributed by atoms with Gasteiger partial charge >= 0.3 is 12.0 Å². The molecule has 1 rings (SSSR count). The molecule has 2 N–H and O–H groups in total. The Morgan fingerprint density at radius 1 is 1.53 bits per heavy atom. The van der Waals surface area contributed by atoms with E-state index >= 15 is 0 Å².